The van der Waals surface area contributed by atoms with Gasteiger partial charge in [-0.25, -0.2) is 4.79 Å². The van der Waals surface area contributed by atoms with Gasteiger partial charge in [0.05, 0.1) is 6.61 Å². The molecular weight excluding hydrogens is 180 g/mol. The lowest BCUT2D eigenvalue weighted by molar-refractivity contribution is 0.198. The molecule has 1 aromatic carbocycles. The third-order valence-electron chi connectivity index (χ3n) is 1.62. The van der Waals surface area contributed by atoms with Crippen LogP contribution in [0.1, 0.15) is 0 Å². The van der Waals surface area contributed by atoms with E-state index in [0.717, 1.165) is 5.69 Å². The first-order chi connectivity index (χ1) is 6.83. The van der Waals surface area contributed by atoms with Crippen molar-refractivity contribution in [2.24, 2.45) is 0 Å². The molecule has 14 heavy (non-hydrogen) atoms. The Morgan fingerprint density at radius 3 is 2.71 bits per heavy atom. The lowest BCUT2D eigenvalue weighted by Gasteiger charge is -2.06. The predicted molar refractivity (Wildman–Crippen MR) is 55.3 cm³/mol. The summed E-state index contributed by atoms with van der Waals surface area (Å²) in [5, 5.41) is 5.35. The summed E-state index contributed by atoms with van der Waals surface area (Å²) in [6.45, 7) is 1.03. The Kier molecular flexibility index (Phi) is 4.50. The van der Waals surface area contributed by atoms with Crippen molar-refractivity contribution in [3.05, 3.63) is 30.3 Å². The Bertz CT molecular complexity index is 275. The van der Waals surface area contributed by atoms with Crippen LogP contribution in [0.2, 0.25) is 0 Å². The molecule has 4 nitrogen and oxygen atoms in total. The molecule has 0 radical (unpaired) electrons. The zero-order chi connectivity index (χ0) is 10.2. The molecule has 0 spiro atoms. The fourth-order valence-corrected chi connectivity index (χ4v) is 0.963. The zero-order valence-electron chi connectivity index (χ0n) is 8.12. The number of hydrogen-bond donors (Lipinski definition) is 2. The van der Waals surface area contributed by atoms with Gasteiger partial charge < -0.3 is 15.4 Å². The number of ether oxygens (including phenoxy) is 1. The summed E-state index contributed by atoms with van der Waals surface area (Å²) < 4.78 is 4.80. The van der Waals surface area contributed by atoms with E-state index in [-0.39, 0.29) is 6.03 Å². The van der Waals surface area contributed by atoms with Crippen molar-refractivity contribution in [2.75, 3.05) is 25.6 Å². The molecule has 0 atom stereocenters. The smallest absolute Gasteiger partial charge is 0.319 e. The molecule has 0 unspecified atom stereocenters. The van der Waals surface area contributed by atoms with Crippen LogP contribution < -0.4 is 10.6 Å². The van der Waals surface area contributed by atoms with Crippen LogP contribution in [0.5, 0.6) is 0 Å². The molecule has 1 rings (SSSR count). The third kappa shape index (κ3) is 3.91. The lowest BCUT2D eigenvalue weighted by Crippen LogP contribution is -2.31. The van der Waals surface area contributed by atoms with E-state index in [1.807, 2.05) is 30.3 Å². The molecule has 2 amide bonds. The second-order valence-corrected chi connectivity index (χ2v) is 2.74. The van der Waals surface area contributed by atoms with Gasteiger partial charge in [-0.1, -0.05) is 18.2 Å². The summed E-state index contributed by atoms with van der Waals surface area (Å²) in [4.78, 5) is 11.2. The third-order valence-corrected chi connectivity index (χ3v) is 1.62. The van der Waals surface area contributed by atoms with Crippen molar-refractivity contribution < 1.29 is 9.53 Å². The maximum absolute atomic E-state index is 11.2. The molecule has 4 heteroatoms. The minimum atomic E-state index is -0.215. The number of rotatable bonds is 4. The minimum absolute atomic E-state index is 0.215. The zero-order valence-corrected chi connectivity index (χ0v) is 8.12. The molecule has 0 aliphatic heterocycles. The lowest BCUT2D eigenvalue weighted by atomic mass is 10.3. The van der Waals surface area contributed by atoms with Crippen LogP contribution in [0.3, 0.4) is 0 Å². The Morgan fingerprint density at radius 1 is 1.36 bits per heavy atom. The molecule has 0 aliphatic carbocycles. The van der Waals surface area contributed by atoms with Crippen LogP contribution in [-0.4, -0.2) is 26.3 Å². The first kappa shape index (κ1) is 10.5. The van der Waals surface area contributed by atoms with Crippen LogP contribution in [0, 0.1) is 0 Å². The molecule has 0 aliphatic rings. The number of carbonyl (C=O) groups is 1. The molecule has 0 saturated heterocycles. The van der Waals surface area contributed by atoms with Gasteiger partial charge in [0.1, 0.15) is 0 Å². The molecule has 0 aromatic heterocycles. The monoisotopic (exact) mass is 194 g/mol. The maximum atomic E-state index is 11.2. The van der Waals surface area contributed by atoms with Gasteiger partial charge >= 0.3 is 6.03 Å². The second kappa shape index (κ2) is 5.99. The summed E-state index contributed by atoms with van der Waals surface area (Å²) in [5.41, 5.74) is 0.780. The standard InChI is InChI=1S/C10H14N2O2/c1-14-8-7-11-10(13)12-9-5-3-2-4-6-9/h2-6H,7-8H2,1H3,(H2,11,12,13). The molecule has 0 bridgehead atoms. The molecule has 0 saturated carbocycles. The molecular formula is C10H14N2O2. The van der Waals surface area contributed by atoms with E-state index in [2.05, 4.69) is 10.6 Å². The van der Waals surface area contributed by atoms with Gasteiger partial charge in [-0.15, -0.1) is 0 Å². The molecule has 0 fully saturated rings. The average molecular weight is 194 g/mol. The summed E-state index contributed by atoms with van der Waals surface area (Å²) in [6, 6.07) is 9.07. The SMILES string of the molecule is COCCNC(=O)Nc1ccccc1. The van der Waals surface area contributed by atoms with Crippen molar-refractivity contribution in [1.29, 1.82) is 0 Å². The van der Waals surface area contributed by atoms with Crippen LogP contribution in [0.4, 0.5) is 10.5 Å². The van der Waals surface area contributed by atoms with E-state index < -0.39 is 0 Å². The topological polar surface area (TPSA) is 50.4 Å². The van der Waals surface area contributed by atoms with Gasteiger partial charge in [-0.2, -0.15) is 0 Å². The summed E-state index contributed by atoms with van der Waals surface area (Å²) in [5.74, 6) is 0. The quantitative estimate of drug-likeness (QED) is 0.713. The Hall–Kier alpha value is -1.55. The molecule has 2 N–H and O–H groups in total. The van der Waals surface area contributed by atoms with Crippen molar-refractivity contribution >= 4 is 11.7 Å². The largest absolute Gasteiger partial charge is 0.383 e. The number of carbonyl (C=O) groups excluding carboxylic acids is 1. The molecule has 1 aromatic rings. The van der Waals surface area contributed by atoms with Gasteiger partial charge in [0, 0.05) is 19.3 Å². The van der Waals surface area contributed by atoms with Crippen molar-refractivity contribution in [2.45, 2.75) is 0 Å². The van der Waals surface area contributed by atoms with E-state index >= 15 is 0 Å². The molecule has 76 valence electrons. The van der Waals surface area contributed by atoms with E-state index in [1.54, 1.807) is 7.11 Å². The Morgan fingerprint density at radius 2 is 2.07 bits per heavy atom. The van der Waals surface area contributed by atoms with E-state index in [0.29, 0.717) is 13.2 Å². The van der Waals surface area contributed by atoms with Crippen LogP contribution >= 0.6 is 0 Å². The first-order valence-electron chi connectivity index (χ1n) is 4.42. The number of hydrogen-bond acceptors (Lipinski definition) is 2. The number of urea groups is 1. The fourth-order valence-electron chi connectivity index (χ4n) is 0.963. The first-order valence-corrected chi connectivity index (χ1v) is 4.42. The van der Waals surface area contributed by atoms with Crippen molar-refractivity contribution in [1.82, 2.24) is 5.32 Å². The van der Waals surface area contributed by atoms with Crippen molar-refractivity contribution in [3.8, 4) is 0 Å². The van der Waals surface area contributed by atoms with Crippen LogP contribution in [0.25, 0.3) is 0 Å². The summed E-state index contributed by atoms with van der Waals surface area (Å²) >= 11 is 0. The number of benzene rings is 1. The normalized spacial score (nSPS) is 9.50. The highest BCUT2D eigenvalue weighted by atomic mass is 16.5. The second-order valence-electron chi connectivity index (χ2n) is 2.74. The van der Waals surface area contributed by atoms with Gasteiger partial charge in [-0.05, 0) is 12.1 Å². The highest BCUT2D eigenvalue weighted by Gasteiger charge is 1.98. The Labute approximate surface area is 83.3 Å². The van der Waals surface area contributed by atoms with Crippen LogP contribution in [0.15, 0.2) is 30.3 Å². The minimum Gasteiger partial charge on any atom is -0.383 e. The summed E-state index contributed by atoms with van der Waals surface area (Å²) in [6.07, 6.45) is 0. The molecule has 0 heterocycles. The Balaban J connectivity index is 2.27. The maximum Gasteiger partial charge on any atom is 0.319 e. The number of amides is 2. The highest BCUT2D eigenvalue weighted by molar-refractivity contribution is 5.89. The van der Waals surface area contributed by atoms with E-state index in [1.165, 1.54) is 0 Å². The predicted octanol–water partition coefficient (Wildman–Crippen LogP) is 1.45. The fraction of sp³-hybridized carbons (Fsp3) is 0.300. The van der Waals surface area contributed by atoms with E-state index in [4.69, 9.17) is 4.74 Å². The number of methoxy groups -OCH3 is 1. The summed E-state index contributed by atoms with van der Waals surface area (Å²) in [7, 11) is 1.59. The van der Waals surface area contributed by atoms with Gasteiger partial charge in [0.25, 0.3) is 0 Å². The number of nitrogens with one attached hydrogen (secondary N) is 2. The number of para-hydroxylation sites is 1. The van der Waals surface area contributed by atoms with E-state index in [9.17, 15) is 4.79 Å². The van der Waals surface area contributed by atoms with Gasteiger partial charge in [0.15, 0.2) is 0 Å². The number of anilines is 1. The van der Waals surface area contributed by atoms with Gasteiger partial charge in [0.2, 0.25) is 0 Å². The van der Waals surface area contributed by atoms with Crippen molar-refractivity contribution in [3.63, 3.8) is 0 Å². The van der Waals surface area contributed by atoms with Crippen LogP contribution in [-0.2, 0) is 4.74 Å². The highest BCUT2D eigenvalue weighted by Crippen LogP contribution is 2.03. The van der Waals surface area contributed by atoms with Gasteiger partial charge in [-0.3, -0.25) is 0 Å². The average Bonchev–Trinajstić information content (AvgIpc) is 2.20.